The normalized spacial score (nSPS) is 11.6. The van der Waals surface area contributed by atoms with Crippen molar-refractivity contribution in [3.8, 4) is 22.3 Å². The van der Waals surface area contributed by atoms with Crippen LogP contribution in [0.5, 0.6) is 0 Å². The summed E-state index contributed by atoms with van der Waals surface area (Å²) < 4.78 is 13.1. The first kappa shape index (κ1) is 25.4. The smallest absolute Gasteiger partial charge is 0.160 e. The third kappa shape index (κ3) is 4.13. The first-order valence-corrected chi connectivity index (χ1v) is 15.2. The van der Waals surface area contributed by atoms with Crippen LogP contribution in [0.3, 0.4) is 0 Å². The summed E-state index contributed by atoms with van der Waals surface area (Å²) in [5.41, 5.74) is 11.0. The third-order valence-electron chi connectivity index (χ3n) is 8.68. The van der Waals surface area contributed by atoms with E-state index in [4.69, 9.17) is 8.83 Å². The van der Waals surface area contributed by atoms with Crippen LogP contribution >= 0.6 is 0 Å². The molecule has 2 heterocycles. The molecule has 9 rings (SSSR count). The molecule has 0 amide bonds. The van der Waals surface area contributed by atoms with E-state index in [-0.39, 0.29) is 0 Å². The molecule has 0 saturated carbocycles. The van der Waals surface area contributed by atoms with Gasteiger partial charge in [-0.25, -0.2) is 0 Å². The van der Waals surface area contributed by atoms with Crippen LogP contribution in [0.1, 0.15) is 0 Å². The first-order valence-electron chi connectivity index (χ1n) is 15.2. The summed E-state index contributed by atoms with van der Waals surface area (Å²) in [6, 6.07) is 57.1. The molecule has 0 saturated heterocycles. The van der Waals surface area contributed by atoms with Crippen LogP contribution in [-0.2, 0) is 0 Å². The molecule has 0 unspecified atom stereocenters. The number of rotatable bonds is 5. The Morgan fingerprint density at radius 3 is 1.58 bits per heavy atom. The molecular weight excluding hydrogens is 550 g/mol. The van der Waals surface area contributed by atoms with Crippen molar-refractivity contribution in [3.05, 3.63) is 164 Å². The van der Waals surface area contributed by atoms with Crippen LogP contribution in [0, 0.1) is 0 Å². The van der Waals surface area contributed by atoms with Crippen molar-refractivity contribution >= 4 is 60.9 Å². The van der Waals surface area contributed by atoms with Gasteiger partial charge in [-0.2, -0.15) is 0 Å². The average molecular weight is 578 g/mol. The molecular formula is C42H27NO2. The predicted octanol–water partition coefficient (Wildman–Crippen LogP) is 12.3. The van der Waals surface area contributed by atoms with E-state index in [1.807, 2.05) is 24.3 Å². The number of fused-ring (bicyclic) bond motifs is 6. The number of hydrogen-bond donors (Lipinski definition) is 0. The van der Waals surface area contributed by atoms with Crippen molar-refractivity contribution in [2.24, 2.45) is 0 Å². The molecule has 0 fully saturated rings. The van der Waals surface area contributed by atoms with Crippen molar-refractivity contribution in [2.75, 3.05) is 4.90 Å². The van der Waals surface area contributed by atoms with Gasteiger partial charge in [0.25, 0.3) is 0 Å². The van der Waals surface area contributed by atoms with Gasteiger partial charge >= 0.3 is 0 Å². The van der Waals surface area contributed by atoms with Gasteiger partial charge in [0.15, 0.2) is 5.58 Å². The zero-order chi connectivity index (χ0) is 29.7. The molecule has 212 valence electrons. The summed E-state index contributed by atoms with van der Waals surface area (Å²) in [7, 11) is 0. The van der Waals surface area contributed by atoms with Crippen molar-refractivity contribution < 1.29 is 8.83 Å². The fourth-order valence-electron chi connectivity index (χ4n) is 6.60. The standard InChI is InChI=1S/C42H27NO2/c1-3-12-28(13-4-1)32-26-27-37-35-17-8-10-21-39(35)45-42(37)40(32)43(30-14-5-2-6-15-30)31-24-22-29(23-25-31)33-18-11-19-36-34-16-7-9-20-38(34)44-41(33)36/h1-27H. The zero-order valence-corrected chi connectivity index (χ0v) is 24.4. The van der Waals surface area contributed by atoms with Crippen LogP contribution < -0.4 is 4.90 Å². The van der Waals surface area contributed by atoms with Gasteiger partial charge in [-0.15, -0.1) is 0 Å². The topological polar surface area (TPSA) is 29.5 Å². The Kier molecular flexibility index (Phi) is 5.82. The lowest BCUT2D eigenvalue weighted by Gasteiger charge is -2.28. The van der Waals surface area contributed by atoms with Crippen molar-refractivity contribution in [1.29, 1.82) is 0 Å². The SMILES string of the molecule is c1ccc(-c2ccc3c(oc4ccccc43)c2N(c2ccccc2)c2ccc(-c3cccc4c3oc3ccccc34)cc2)cc1. The van der Waals surface area contributed by atoms with Gasteiger partial charge in [0.1, 0.15) is 16.7 Å². The number of nitrogens with zero attached hydrogens (tertiary/aromatic N) is 1. The minimum absolute atomic E-state index is 0.859. The number of furan rings is 2. The fourth-order valence-corrected chi connectivity index (χ4v) is 6.60. The van der Waals surface area contributed by atoms with Crippen LogP contribution in [0.15, 0.2) is 173 Å². The highest BCUT2D eigenvalue weighted by Gasteiger charge is 2.24. The summed E-state index contributed by atoms with van der Waals surface area (Å²) in [5.74, 6) is 0. The summed E-state index contributed by atoms with van der Waals surface area (Å²) in [4.78, 5) is 2.32. The molecule has 3 nitrogen and oxygen atoms in total. The Balaban J connectivity index is 1.27. The Hall–Kier alpha value is -6.06. The van der Waals surface area contributed by atoms with Crippen molar-refractivity contribution in [3.63, 3.8) is 0 Å². The highest BCUT2D eigenvalue weighted by Crippen LogP contribution is 2.47. The average Bonchev–Trinajstić information content (AvgIpc) is 3.69. The summed E-state index contributed by atoms with van der Waals surface area (Å²) in [6.07, 6.45) is 0. The second-order valence-electron chi connectivity index (χ2n) is 11.3. The van der Waals surface area contributed by atoms with E-state index < -0.39 is 0 Å². The van der Waals surface area contributed by atoms with Gasteiger partial charge in [-0.3, -0.25) is 0 Å². The van der Waals surface area contributed by atoms with Gasteiger partial charge in [-0.1, -0.05) is 121 Å². The maximum atomic E-state index is 6.69. The van der Waals surface area contributed by atoms with Crippen molar-refractivity contribution in [2.45, 2.75) is 0 Å². The van der Waals surface area contributed by atoms with E-state index in [1.165, 1.54) is 0 Å². The first-order chi connectivity index (χ1) is 22.3. The second kappa shape index (κ2) is 10.3. The molecule has 0 N–H and O–H groups in total. The molecule has 0 aliphatic carbocycles. The van der Waals surface area contributed by atoms with E-state index in [0.717, 1.165) is 83.2 Å². The maximum absolute atomic E-state index is 6.69. The lowest BCUT2D eigenvalue weighted by molar-refractivity contribution is 0.669. The van der Waals surface area contributed by atoms with Crippen LogP contribution in [0.2, 0.25) is 0 Å². The molecule has 0 bridgehead atoms. The lowest BCUT2D eigenvalue weighted by Crippen LogP contribution is -2.11. The van der Waals surface area contributed by atoms with E-state index in [1.54, 1.807) is 0 Å². The molecule has 2 aromatic heterocycles. The Morgan fingerprint density at radius 2 is 0.867 bits per heavy atom. The van der Waals surface area contributed by atoms with E-state index in [2.05, 4.69) is 144 Å². The fraction of sp³-hybridized carbons (Fsp3) is 0. The highest BCUT2D eigenvalue weighted by atomic mass is 16.3. The Morgan fingerprint density at radius 1 is 0.333 bits per heavy atom. The second-order valence-corrected chi connectivity index (χ2v) is 11.3. The molecule has 45 heavy (non-hydrogen) atoms. The van der Waals surface area contributed by atoms with E-state index in [0.29, 0.717) is 0 Å². The number of anilines is 3. The van der Waals surface area contributed by atoms with Gasteiger partial charge in [0.05, 0.1) is 5.69 Å². The molecule has 7 aromatic carbocycles. The molecule has 9 aromatic rings. The zero-order valence-electron chi connectivity index (χ0n) is 24.4. The maximum Gasteiger partial charge on any atom is 0.160 e. The van der Waals surface area contributed by atoms with Crippen molar-refractivity contribution in [1.82, 2.24) is 0 Å². The summed E-state index contributed by atoms with van der Waals surface area (Å²) in [6.45, 7) is 0. The molecule has 0 aliphatic rings. The quantitative estimate of drug-likeness (QED) is 0.204. The molecule has 3 heteroatoms. The molecule has 0 radical (unpaired) electrons. The summed E-state index contributed by atoms with van der Waals surface area (Å²) in [5, 5.41) is 4.46. The minimum Gasteiger partial charge on any atom is -0.455 e. The van der Waals surface area contributed by atoms with Gasteiger partial charge in [-0.05, 0) is 53.6 Å². The monoisotopic (exact) mass is 577 g/mol. The number of hydrogen-bond acceptors (Lipinski definition) is 3. The third-order valence-corrected chi connectivity index (χ3v) is 8.68. The van der Waals surface area contributed by atoms with Gasteiger partial charge < -0.3 is 13.7 Å². The largest absolute Gasteiger partial charge is 0.455 e. The van der Waals surface area contributed by atoms with Gasteiger partial charge in [0, 0.05) is 44.0 Å². The molecule has 0 atom stereocenters. The highest BCUT2D eigenvalue weighted by molar-refractivity contribution is 6.14. The minimum atomic E-state index is 0.859. The number of benzene rings is 7. The Bertz CT molecular complexity index is 2470. The summed E-state index contributed by atoms with van der Waals surface area (Å²) >= 11 is 0. The lowest BCUT2D eigenvalue weighted by atomic mass is 9.98. The van der Waals surface area contributed by atoms with E-state index >= 15 is 0 Å². The number of para-hydroxylation sites is 4. The van der Waals surface area contributed by atoms with Crippen LogP contribution in [0.25, 0.3) is 66.1 Å². The van der Waals surface area contributed by atoms with E-state index in [9.17, 15) is 0 Å². The van der Waals surface area contributed by atoms with Crippen LogP contribution in [-0.4, -0.2) is 0 Å². The van der Waals surface area contributed by atoms with Gasteiger partial charge in [0.2, 0.25) is 0 Å². The Labute approximate surface area is 260 Å². The molecule has 0 spiro atoms. The van der Waals surface area contributed by atoms with Crippen LogP contribution in [0.4, 0.5) is 17.1 Å². The predicted molar refractivity (Wildman–Crippen MR) is 187 cm³/mol. The molecule has 0 aliphatic heterocycles.